The smallest absolute Gasteiger partial charge is 0.233 e. The van der Waals surface area contributed by atoms with Crippen molar-refractivity contribution in [1.82, 2.24) is 10.6 Å². The van der Waals surface area contributed by atoms with Crippen molar-refractivity contribution in [3.8, 4) is 0 Å². The van der Waals surface area contributed by atoms with Gasteiger partial charge in [-0.05, 0) is 32.1 Å². The van der Waals surface area contributed by atoms with E-state index >= 15 is 0 Å². The standard InChI is InChI=1S/C11H22N2O2/c1-2-7-12-11(15)8-13-9-3-5-10(14)6-4-9/h9-10,13-14H,2-8H2,1H3,(H,12,15). The van der Waals surface area contributed by atoms with Gasteiger partial charge in [0.05, 0.1) is 12.6 Å². The summed E-state index contributed by atoms with van der Waals surface area (Å²) in [7, 11) is 0. The summed E-state index contributed by atoms with van der Waals surface area (Å²) >= 11 is 0. The van der Waals surface area contributed by atoms with E-state index in [2.05, 4.69) is 10.6 Å². The molecule has 1 saturated carbocycles. The summed E-state index contributed by atoms with van der Waals surface area (Å²) in [5, 5.41) is 15.4. The molecule has 15 heavy (non-hydrogen) atoms. The zero-order valence-corrected chi connectivity index (χ0v) is 9.46. The topological polar surface area (TPSA) is 61.4 Å². The molecule has 1 aliphatic carbocycles. The monoisotopic (exact) mass is 214 g/mol. The van der Waals surface area contributed by atoms with Crippen LogP contribution in [0.15, 0.2) is 0 Å². The first-order valence-electron chi connectivity index (χ1n) is 5.90. The third kappa shape index (κ3) is 5.14. The van der Waals surface area contributed by atoms with Crippen molar-refractivity contribution in [1.29, 1.82) is 0 Å². The van der Waals surface area contributed by atoms with E-state index < -0.39 is 0 Å². The van der Waals surface area contributed by atoms with E-state index in [1.165, 1.54) is 0 Å². The Labute approximate surface area is 91.4 Å². The number of aliphatic hydroxyl groups excluding tert-OH is 1. The lowest BCUT2D eigenvalue weighted by molar-refractivity contribution is -0.120. The lowest BCUT2D eigenvalue weighted by Gasteiger charge is -2.26. The molecule has 0 aliphatic heterocycles. The lowest BCUT2D eigenvalue weighted by atomic mass is 9.93. The van der Waals surface area contributed by atoms with Gasteiger partial charge in [0.25, 0.3) is 0 Å². The van der Waals surface area contributed by atoms with Crippen LogP contribution in [0.3, 0.4) is 0 Å². The van der Waals surface area contributed by atoms with Gasteiger partial charge in [-0.1, -0.05) is 6.92 Å². The second-order valence-electron chi connectivity index (χ2n) is 4.24. The molecule has 0 aromatic heterocycles. The fourth-order valence-corrected chi connectivity index (χ4v) is 1.84. The average Bonchev–Trinajstić information content (AvgIpc) is 2.25. The number of hydrogen-bond donors (Lipinski definition) is 3. The first-order chi connectivity index (χ1) is 7.22. The summed E-state index contributed by atoms with van der Waals surface area (Å²) in [6, 6.07) is 0.403. The fourth-order valence-electron chi connectivity index (χ4n) is 1.84. The molecule has 4 heteroatoms. The van der Waals surface area contributed by atoms with Crippen LogP contribution < -0.4 is 10.6 Å². The van der Waals surface area contributed by atoms with Gasteiger partial charge in [0, 0.05) is 12.6 Å². The van der Waals surface area contributed by atoms with Crippen molar-refractivity contribution >= 4 is 5.91 Å². The Hall–Kier alpha value is -0.610. The number of aliphatic hydroxyl groups is 1. The molecule has 0 unspecified atom stereocenters. The molecule has 1 aliphatic rings. The summed E-state index contributed by atoms with van der Waals surface area (Å²) in [5.41, 5.74) is 0. The third-order valence-electron chi connectivity index (χ3n) is 2.82. The zero-order chi connectivity index (χ0) is 11.1. The minimum atomic E-state index is -0.128. The van der Waals surface area contributed by atoms with Crippen molar-refractivity contribution < 1.29 is 9.90 Å². The van der Waals surface area contributed by atoms with Crippen LogP contribution in [0.2, 0.25) is 0 Å². The van der Waals surface area contributed by atoms with E-state index in [1.54, 1.807) is 0 Å². The van der Waals surface area contributed by atoms with Crippen LogP contribution in [-0.4, -0.2) is 36.2 Å². The number of carbonyl (C=O) groups is 1. The first kappa shape index (κ1) is 12.5. The maximum absolute atomic E-state index is 11.3. The summed E-state index contributed by atoms with van der Waals surface area (Å²) < 4.78 is 0. The molecule has 0 aromatic carbocycles. The molecule has 4 nitrogen and oxygen atoms in total. The van der Waals surface area contributed by atoms with Gasteiger partial charge in [-0.15, -0.1) is 0 Å². The molecule has 0 heterocycles. The number of rotatable bonds is 5. The maximum Gasteiger partial charge on any atom is 0.233 e. The minimum absolute atomic E-state index is 0.0722. The Morgan fingerprint density at radius 2 is 2.00 bits per heavy atom. The van der Waals surface area contributed by atoms with Crippen molar-refractivity contribution in [2.45, 2.75) is 51.2 Å². The zero-order valence-electron chi connectivity index (χ0n) is 9.46. The van der Waals surface area contributed by atoms with E-state index in [9.17, 15) is 9.90 Å². The molecular weight excluding hydrogens is 192 g/mol. The molecule has 1 amide bonds. The minimum Gasteiger partial charge on any atom is -0.393 e. The van der Waals surface area contributed by atoms with Crippen LogP contribution >= 0.6 is 0 Å². The Bertz CT molecular complexity index is 189. The first-order valence-corrected chi connectivity index (χ1v) is 5.90. The average molecular weight is 214 g/mol. The Morgan fingerprint density at radius 1 is 1.33 bits per heavy atom. The Balaban J connectivity index is 2.06. The second-order valence-corrected chi connectivity index (χ2v) is 4.24. The predicted molar refractivity (Wildman–Crippen MR) is 59.6 cm³/mol. The van der Waals surface area contributed by atoms with E-state index in [-0.39, 0.29) is 12.0 Å². The largest absolute Gasteiger partial charge is 0.393 e. The summed E-state index contributed by atoms with van der Waals surface area (Å²) in [5.74, 6) is 0.0722. The van der Waals surface area contributed by atoms with E-state index in [0.717, 1.165) is 38.6 Å². The molecule has 0 saturated heterocycles. The van der Waals surface area contributed by atoms with Gasteiger partial charge in [-0.2, -0.15) is 0 Å². The molecule has 1 rings (SSSR count). The highest BCUT2D eigenvalue weighted by molar-refractivity contribution is 5.77. The highest BCUT2D eigenvalue weighted by Gasteiger charge is 2.19. The van der Waals surface area contributed by atoms with Crippen LogP contribution in [0.25, 0.3) is 0 Å². The second kappa shape index (κ2) is 6.80. The molecule has 0 aromatic rings. The van der Waals surface area contributed by atoms with Crippen LogP contribution in [0.4, 0.5) is 0 Å². The molecule has 0 radical (unpaired) electrons. The van der Waals surface area contributed by atoms with Gasteiger partial charge in [-0.25, -0.2) is 0 Å². The molecule has 0 bridgehead atoms. The van der Waals surface area contributed by atoms with Crippen LogP contribution in [0.1, 0.15) is 39.0 Å². The molecular formula is C11H22N2O2. The Kier molecular flexibility index (Phi) is 5.65. The van der Waals surface area contributed by atoms with Crippen LogP contribution in [0, 0.1) is 0 Å². The number of hydrogen-bond acceptors (Lipinski definition) is 3. The highest BCUT2D eigenvalue weighted by atomic mass is 16.3. The normalized spacial score (nSPS) is 26.3. The SMILES string of the molecule is CCCNC(=O)CNC1CCC(O)CC1. The van der Waals surface area contributed by atoms with Crippen LogP contribution in [-0.2, 0) is 4.79 Å². The number of nitrogens with one attached hydrogen (secondary N) is 2. The van der Waals surface area contributed by atoms with Crippen molar-refractivity contribution in [3.05, 3.63) is 0 Å². The van der Waals surface area contributed by atoms with Gasteiger partial charge < -0.3 is 15.7 Å². The molecule has 1 fully saturated rings. The van der Waals surface area contributed by atoms with E-state index in [4.69, 9.17) is 0 Å². The Morgan fingerprint density at radius 3 is 2.60 bits per heavy atom. The van der Waals surface area contributed by atoms with Gasteiger partial charge >= 0.3 is 0 Å². The van der Waals surface area contributed by atoms with Crippen molar-refractivity contribution in [2.75, 3.05) is 13.1 Å². The summed E-state index contributed by atoms with van der Waals surface area (Å²) in [4.78, 5) is 11.3. The lowest BCUT2D eigenvalue weighted by Crippen LogP contribution is -2.41. The number of carbonyl (C=O) groups excluding carboxylic acids is 1. The summed E-state index contributed by atoms with van der Waals surface area (Å²) in [6.07, 6.45) is 4.51. The van der Waals surface area contributed by atoms with Crippen molar-refractivity contribution in [2.24, 2.45) is 0 Å². The molecule has 3 N–H and O–H groups in total. The van der Waals surface area contributed by atoms with Crippen molar-refractivity contribution in [3.63, 3.8) is 0 Å². The van der Waals surface area contributed by atoms with Crippen LogP contribution in [0.5, 0.6) is 0 Å². The summed E-state index contributed by atoms with van der Waals surface area (Å²) in [6.45, 7) is 3.20. The molecule has 0 atom stereocenters. The van der Waals surface area contributed by atoms with Gasteiger partial charge in [0.15, 0.2) is 0 Å². The number of amides is 1. The quantitative estimate of drug-likeness (QED) is 0.621. The molecule has 88 valence electrons. The molecule has 0 spiro atoms. The third-order valence-corrected chi connectivity index (χ3v) is 2.82. The van der Waals surface area contributed by atoms with Gasteiger partial charge in [0.2, 0.25) is 5.91 Å². The van der Waals surface area contributed by atoms with E-state index in [0.29, 0.717) is 12.6 Å². The fraction of sp³-hybridized carbons (Fsp3) is 0.909. The van der Waals surface area contributed by atoms with Gasteiger partial charge in [-0.3, -0.25) is 4.79 Å². The highest BCUT2D eigenvalue weighted by Crippen LogP contribution is 2.17. The predicted octanol–water partition coefficient (Wildman–Crippen LogP) is 0.406. The van der Waals surface area contributed by atoms with Gasteiger partial charge in [0.1, 0.15) is 0 Å². The van der Waals surface area contributed by atoms with E-state index in [1.807, 2.05) is 6.92 Å². The maximum atomic E-state index is 11.3.